The molecule has 0 unspecified atom stereocenters. The summed E-state index contributed by atoms with van der Waals surface area (Å²) < 4.78 is 10.5. The van der Waals surface area contributed by atoms with Gasteiger partial charge in [0, 0.05) is 12.5 Å². The number of aliphatic hydroxyl groups is 1. The molecule has 0 amide bonds. The molecule has 0 aliphatic carbocycles. The van der Waals surface area contributed by atoms with Crippen LogP contribution in [0.5, 0.6) is 0 Å². The molecule has 0 fully saturated rings. The van der Waals surface area contributed by atoms with E-state index in [2.05, 4.69) is 0 Å². The first-order chi connectivity index (χ1) is 7.33. The van der Waals surface area contributed by atoms with Gasteiger partial charge in [0.1, 0.15) is 6.79 Å². The van der Waals surface area contributed by atoms with Crippen molar-refractivity contribution in [1.29, 1.82) is 0 Å². The highest BCUT2D eigenvalue weighted by Crippen LogP contribution is 2.00. The van der Waals surface area contributed by atoms with Crippen molar-refractivity contribution in [1.82, 2.24) is 0 Å². The summed E-state index contributed by atoms with van der Waals surface area (Å²) in [6, 6.07) is 9.95. The van der Waals surface area contributed by atoms with Gasteiger partial charge < -0.3 is 14.6 Å². The molecule has 0 bridgehead atoms. The third-order valence-corrected chi connectivity index (χ3v) is 1.99. The van der Waals surface area contributed by atoms with E-state index in [-0.39, 0.29) is 19.3 Å². The summed E-state index contributed by atoms with van der Waals surface area (Å²) in [7, 11) is 0. The lowest BCUT2D eigenvalue weighted by Gasteiger charge is -2.09. The first-order valence-corrected chi connectivity index (χ1v) is 5.13. The summed E-state index contributed by atoms with van der Waals surface area (Å²) >= 11 is 0. The summed E-state index contributed by atoms with van der Waals surface area (Å²) in [5, 5.41) is 8.75. The standard InChI is InChI=1S/C12H18O3/c1-11(7-13)8-14-10-15-9-12-5-3-2-4-6-12/h2-6,11,13H,7-10H2,1H3/t11-/m1/s1. The maximum atomic E-state index is 8.75. The van der Waals surface area contributed by atoms with E-state index in [0.717, 1.165) is 5.56 Å². The average molecular weight is 210 g/mol. The van der Waals surface area contributed by atoms with Gasteiger partial charge in [-0.15, -0.1) is 0 Å². The second kappa shape index (κ2) is 7.40. The smallest absolute Gasteiger partial charge is 0.147 e. The molecule has 0 saturated carbocycles. The van der Waals surface area contributed by atoms with Crippen LogP contribution in [-0.2, 0) is 16.1 Å². The van der Waals surface area contributed by atoms with Gasteiger partial charge in [0.25, 0.3) is 0 Å². The van der Waals surface area contributed by atoms with E-state index in [9.17, 15) is 0 Å². The Labute approximate surface area is 90.6 Å². The zero-order chi connectivity index (χ0) is 10.9. The van der Waals surface area contributed by atoms with Crippen LogP contribution in [0.2, 0.25) is 0 Å². The van der Waals surface area contributed by atoms with Gasteiger partial charge in [-0.05, 0) is 5.56 Å². The van der Waals surface area contributed by atoms with E-state index in [1.165, 1.54) is 0 Å². The van der Waals surface area contributed by atoms with Crippen LogP contribution in [0.25, 0.3) is 0 Å². The van der Waals surface area contributed by atoms with E-state index in [0.29, 0.717) is 13.2 Å². The molecule has 3 heteroatoms. The molecular formula is C12H18O3. The zero-order valence-electron chi connectivity index (χ0n) is 9.06. The molecule has 84 valence electrons. The van der Waals surface area contributed by atoms with Gasteiger partial charge in [0.05, 0.1) is 13.2 Å². The molecule has 1 N–H and O–H groups in total. The number of benzene rings is 1. The first-order valence-electron chi connectivity index (χ1n) is 5.13. The van der Waals surface area contributed by atoms with Crippen molar-refractivity contribution in [3.8, 4) is 0 Å². The summed E-state index contributed by atoms with van der Waals surface area (Å²) in [4.78, 5) is 0. The zero-order valence-corrected chi connectivity index (χ0v) is 9.06. The highest BCUT2D eigenvalue weighted by atomic mass is 16.7. The number of aliphatic hydroxyl groups excluding tert-OH is 1. The number of hydrogen-bond acceptors (Lipinski definition) is 3. The fourth-order valence-electron chi connectivity index (χ4n) is 1.09. The van der Waals surface area contributed by atoms with Crippen molar-refractivity contribution in [2.24, 2.45) is 5.92 Å². The number of hydrogen-bond donors (Lipinski definition) is 1. The van der Waals surface area contributed by atoms with Crippen molar-refractivity contribution < 1.29 is 14.6 Å². The van der Waals surface area contributed by atoms with Gasteiger partial charge in [-0.3, -0.25) is 0 Å². The Balaban J connectivity index is 2.03. The van der Waals surface area contributed by atoms with Crippen molar-refractivity contribution >= 4 is 0 Å². The summed E-state index contributed by atoms with van der Waals surface area (Å²) in [5.41, 5.74) is 1.14. The average Bonchev–Trinajstić information content (AvgIpc) is 2.29. The number of ether oxygens (including phenoxy) is 2. The largest absolute Gasteiger partial charge is 0.396 e. The lowest BCUT2D eigenvalue weighted by molar-refractivity contribution is -0.0738. The highest BCUT2D eigenvalue weighted by Gasteiger charge is 1.99. The Bertz CT molecular complexity index is 248. The van der Waals surface area contributed by atoms with Gasteiger partial charge in [0.2, 0.25) is 0 Å². The van der Waals surface area contributed by atoms with Gasteiger partial charge in [-0.2, -0.15) is 0 Å². The van der Waals surface area contributed by atoms with Crippen LogP contribution in [0, 0.1) is 5.92 Å². The van der Waals surface area contributed by atoms with Crippen LogP contribution >= 0.6 is 0 Å². The molecule has 1 atom stereocenters. The molecule has 0 radical (unpaired) electrons. The van der Waals surface area contributed by atoms with Gasteiger partial charge in [0.15, 0.2) is 0 Å². The molecule has 0 aromatic heterocycles. The van der Waals surface area contributed by atoms with Crippen LogP contribution in [-0.4, -0.2) is 25.1 Å². The van der Waals surface area contributed by atoms with Crippen molar-refractivity contribution in [3.63, 3.8) is 0 Å². The molecule has 0 aliphatic rings. The minimum atomic E-state index is 0.151. The first kappa shape index (κ1) is 12.2. The third-order valence-electron chi connectivity index (χ3n) is 1.99. The van der Waals surface area contributed by atoms with Crippen LogP contribution in [0.4, 0.5) is 0 Å². The minimum Gasteiger partial charge on any atom is -0.396 e. The topological polar surface area (TPSA) is 38.7 Å². The Morgan fingerprint density at radius 2 is 1.93 bits per heavy atom. The third kappa shape index (κ3) is 5.52. The van der Waals surface area contributed by atoms with E-state index in [4.69, 9.17) is 14.6 Å². The van der Waals surface area contributed by atoms with Crippen molar-refractivity contribution in [2.75, 3.05) is 20.0 Å². The maximum Gasteiger partial charge on any atom is 0.147 e. The molecule has 1 aromatic rings. The minimum absolute atomic E-state index is 0.151. The molecular weight excluding hydrogens is 192 g/mol. The fourth-order valence-corrected chi connectivity index (χ4v) is 1.09. The summed E-state index contributed by atoms with van der Waals surface area (Å²) in [6.07, 6.45) is 0. The second-order valence-corrected chi connectivity index (χ2v) is 3.61. The SMILES string of the molecule is C[C@H](CO)COCOCc1ccccc1. The van der Waals surface area contributed by atoms with E-state index < -0.39 is 0 Å². The van der Waals surface area contributed by atoms with Crippen molar-refractivity contribution in [3.05, 3.63) is 35.9 Å². The Morgan fingerprint density at radius 3 is 2.60 bits per heavy atom. The highest BCUT2D eigenvalue weighted by molar-refractivity contribution is 5.13. The van der Waals surface area contributed by atoms with Gasteiger partial charge in [-0.1, -0.05) is 37.3 Å². The Morgan fingerprint density at radius 1 is 1.20 bits per heavy atom. The van der Waals surface area contributed by atoms with E-state index in [1.807, 2.05) is 37.3 Å². The number of rotatable bonds is 7. The van der Waals surface area contributed by atoms with Crippen LogP contribution in [0.1, 0.15) is 12.5 Å². The monoisotopic (exact) mass is 210 g/mol. The normalized spacial score (nSPS) is 12.7. The molecule has 1 aromatic carbocycles. The summed E-state index contributed by atoms with van der Waals surface area (Å²) in [6.45, 7) is 3.45. The fraction of sp³-hybridized carbons (Fsp3) is 0.500. The lowest BCUT2D eigenvalue weighted by Crippen LogP contribution is -2.11. The van der Waals surface area contributed by atoms with E-state index in [1.54, 1.807) is 0 Å². The molecule has 1 rings (SSSR count). The predicted octanol–water partition coefficient (Wildman–Crippen LogP) is 1.81. The summed E-state index contributed by atoms with van der Waals surface area (Å²) in [5.74, 6) is 0.172. The molecule has 0 spiro atoms. The molecule has 0 heterocycles. The van der Waals surface area contributed by atoms with Gasteiger partial charge in [-0.25, -0.2) is 0 Å². The Hall–Kier alpha value is -0.900. The molecule has 3 nitrogen and oxygen atoms in total. The van der Waals surface area contributed by atoms with Crippen LogP contribution < -0.4 is 0 Å². The predicted molar refractivity (Wildman–Crippen MR) is 58.3 cm³/mol. The molecule has 0 saturated heterocycles. The van der Waals surface area contributed by atoms with Crippen LogP contribution in [0.15, 0.2) is 30.3 Å². The molecule has 15 heavy (non-hydrogen) atoms. The lowest BCUT2D eigenvalue weighted by atomic mass is 10.2. The van der Waals surface area contributed by atoms with Gasteiger partial charge >= 0.3 is 0 Å². The quantitative estimate of drug-likeness (QED) is 0.551. The maximum absolute atomic E-state index is 8.75. The molecule has 0 aliphatic heterocycles. The van der Waals surface area contributed by atoms with E-state index >= 15 is 0 Å². The second-order valence-electron chi connectivity index (χ2n) is 3.61. The van der Waals surface area contributed by atoms with Crippen LogP contribution in [0.3, 0.4) is 0 Å². The Kier molecular flexibility index (Phi) is 6.00. The van der Waals surface area contributed by atoms with Crippen molar-refractivity contribution in [2.45, 2.75) is 13.5 Å².